The van der Waals surface area contributed by atoms with Gasteiger partial charge in [-0.3, -0.25) is 4.72 Å². The highest BCUT2D eigenvalue weighted by Gasteiger charge is 2.20. The zero-order chi connectivity index (χ0) is 14.9. The van der Waals surface area contributed by atoms with Gasteiger partial charge in [0.25, 0.3) is 10.0 Å². The first-order chi connectivity index (χ1) is 9.35. The molecule has 6 nitrogen and oxygen atoms in total. The third-order valence-electron chi connectivity index (χ3n) is 2.99. The second kappa shape index (κ2) is 4.98. The number of aryl methyl sites for hydroxylation is 3. The number of anilines is 1. The van der Waals surface area contributed by atoms with E-state index in [1.165, 1.54) is 6.20 Å². The molecule has 20 heavy (non-hydrogen) atoms. The first-order valence-electron chi connectivity index (χ1n) is 5.87. The van der Waals surface area contributed by atoms with Crippen LogP contribution in [0.2, 0.25) is 0 Å². The zero-order valence-corrected chi connectivity index (χ0v) is 12.2. The molecule has 0 bridgehead atoms. The Hall–Kier alpha value is -2.33. The van der Waals surface area contributed by atoms with Gasteiger partial charge in [-0.05, 0) is 25.5 Å². The Bertz CT molecular complexity index is 781. The van der Waals surface area contributed by atoms with Crippen molar-refractivity contribution < 1.29 is 8.42 Å². The molecule has 7 heteroatoms. The van der Waals surface area contributed by atoms with E-state index in [-0.39, 0.29) is 10.7 Å². The first-order valence-corrected chi connectivity index (χ1v) is 7.36. The summed E-state index contributed by atoms with van der Waals surface area (Å²) in [6.45, 7) is 3.47. The van der Waals surface area contributed by atoms with Crippen molar-refractivity contribution in [3.63, 3.8) is 0 Å². The molecule has 0 spiro atoms. The van der Waals surface area contributed by atoms with E-state index in [9.17, 15) is 8.42 Å². The van der Waals surface area contributed by atoms with Gasteiger partial charge in [0.15, 0.2) is 5.03 Å². The maximum Gasteiger partial charge on any atom is 0.280 e. The molecule has 0 atom stereocenters. The fourth-order valence-electron chi connectivity index (χ4n) is 1.75. The summed E-state index contributed by atoms with van der Waals surface area (Å²) in [5.74, 6) is 0.593. The number of rotatable bonds is 3. The van der Waals surface area contributed by atoms with Crippen LogP contribution < -0.4 is 4.72 Å². The average molecular weight is 290 g/mol. The Morgan fingerprint density at radius 3 is 2.60 bits per heavy atom. The van der Waals surface area contributed by atoms with Crippen LogP contribution in [0.5, 0.6) is 0 Å². The van der Waals surface area contributed by atoms with Crippen molar-refractivity contribution >= 4 is 15.7 Å². The second-order valence-corrected chi connectivity index (χ2v) is 6.08. The Balaban J connectivity index is 2.44. The van der Waals surface area contributed by atoms with Crippen molar-refractivity contribution in [1.29, 1.82) is 5.26 Å². The minimum absolute atomic E-state index is 0.0668. The Kier molecular flexibility index (Phi) is 3.51. The summed E-state index contributed by atoms with van der Waals surface area (Å²) in [5.41, 5.74) is 1.28. The molecule has 1 aromatic carbocycles. The van der Waals surface area contributed by atoms with E-state index in [1.54, 1.807) is 43.7 Å². The lowest BCUT2D eigenvalue weighted by atomic mass is 10.1. The molecule has 0 aliphatic heterocycles. The molecule has 1 heterocycles. The lowest BCUT2D eigenvalue weighted by Gasteiger charge is -2.08. The molecule has 0 aliphatic carbocycles. The molecule has 0 saturated carbocycles. The van der Waals surface area contributed by atoms with E-state index >= 15 is 0 Å². The summed E-state index contributed by atoms with van der Waals surface area (Å²) in [4.78, 5) is 3.99. The van der Waals surface area contributed by atoms with Gasteiger partial charge in [0, 0.05) is 13.2 Å². The number of nitriles is 1. The van der Waals surface area contributed by atoms with E-state index in [4.69, 9.17) is 5.26 Å². The van der Waals surface area contributed by atoms with Crippen LogP contribution in [0, 0.1) is 25.2 Å². The maximum atomic E-state index is 12.3. The van der Waals surface area contributed by atoms with Crippen molar-refractivity contribution in [2.75, 3.05) is 4.72 Å². The van der Waals surface area contributed by atoms with E-state index < -0.39 is 10.0 Å². The van der Waals surface area contributed by atoms with Crippen LogP contribution in [0.25, 0.3) is 0 Å². The van der Waals surface area contributed by atoms with E-state index in [2.05, 4.69) is 9.71 Å². The van der Waals surface area contributed by atoms with Gasteiger partial charge in [-0.25, -0.2) is 4.98 Å². The molecule has 1 N–H and O–H groups in total. The summed E-state index contributed by atoms with van der Waals surface area (Å²) in [7, 11) is -2.08. The average Bonchev–Trinajstić information content (AvgIpc) is 2.70. The van der Waals surface area contributed by atoms with E-state index in [0.29, 0.717) is 17.0 Å². The highest BCUT2D eigenvalue weighted by molar-refractivity contribution is 7.92. The lowest BCUT2D eigenvalue weighted by molar-refractivity contribution is 0.598. The normalized spacial score (nSPS) is 11.1. The number of nitrogens with one attached hydrogen (secondary N) is 1. The number of nitrogens with zero attached hydrogens (tertiary/aromatic N) is 3. The number of hydrogen-bond acceptors (Lipinski definition) is 4. The molecule has 104 valence electrons. The second-order valence-electron chi connectivity index (χ2n) is 4.45. The largest absolute Gasteiger partial charge is 0.337 e. The van der Waals surface area contributed by atoms with Crippen LogP contribution in [-0.2, 0) is 17.1 Å². The smallest absolute Gasteiger partial charge is 0.280 e. The van der Waals surface area contributed by atoms with E-state index in [1.807, 2.05) is 6.07 Å². The fraction of sp³-hybridized carbons (Fsp3) is 0.231. The molecular formula is C13H14N4O2S. The number of hydrogen-bond donors (Lipinski definition) is 1. The molecule has 1 aromatic heterocycles. The fourth-order valence-corrected chi connectivity index (χ4v) is 2.87. The standard InChI is InChI=1S/C13H14N4O2S/c1-9-5-4-6-12(11(9)7-14)16-20(18,19)13-8-17(3)10(2)15-13/h4-6,8,16H,1-3H3. The molecule has 2 aromatic rings. The predicted molar refractivity (Wildman–Crippen MR) is 74.6 cm³/mol. The van der Waals surface area contributed by atoms with Crippen molar-refractivity contribution in [3.8, 4) is 6.07 Å². The van der Waals surface area contributed by atoms with Gasteiger partial charge >= 0.3 is 0 Å². The van der Waals surface area contributed by atoms with Crippen molar-refractivity contribution in [2.24, 2.45) is 7.05 Å². The number of imidazole rings is 1. The highest BCUT2D eigenvalue weighted by atomic mass is 32.2. The van der Waals surface area contributed by atoms with Crippen molar-refractivity contribution in [3.05, 3.63) is 41.3 Å². The van der Waals surface area contributed by atoms with Gasteiger partial charge in [0.05, 0.1) is 11.3 Å². The number of sulfonamides is 1. The van der Waals surface area contributed by atoms with E-state index in [0.717, 1.165) is 0 Å². The van der Waals surface area contributed by atoms with Crippen molar-refractivity contribution in [2.45, 2.75) is 18.9 Å². The Labute approximate surface area is 117 Å². The Morgan fingerprint density at radius 2 is 2.05 bits per heavy atom. The van der Waals surface area contributed by atoms with Crippen LogP contribution in [0.3, 0.4) is 0 Å². The maximum absolute atomic E-state index is 12.3. The minimum Gasteiger partial charge on any atom is -0.337 e. The summed E-state index contributed by atoms with van der Waals surface area (Å²) in [6, 6.07) is 7.00. The Morgan fingerprint density at radius 1 is 1.35 bits per heavy atom. The van der Waals surface area contributed by atoms with Gasteiger partial charge in [-0.15, -0.1) is 0 Å². The topological polar surface area (TPSA) is 87.8 Å². The van der Waals surface area contributed by atoms with Gasteiger partial charge in [0.2, 0.25) is 0 Å². The third-order valence-corrected chi connectivity index (χ3v) is 4.23. The molecule has 0 fully saturated rings. The van der Waals surface area contributed by atoms with Crippen LogP contribution in [0.1, 0.15) is 17.0 Å². The van der Waals surface area contributed by atoms with Gasteiger partial charge < -0.3 is 4.57 Å². The molecule has 2 rings (SSSR count). The zero-order valence-electron chi connectivity index (χ0n) is 11.4. The lowest BCUT2D eigenvalue weighted by Crippen LogP contribution is -2.14. The van der Waals surface area contributed by atoms with Crippen LogP contribution in [0.4, 0.5) is 5.69 Å². The highest BCUT2D eigenvalue weighted by Crippen LogP contribution is 2.21. The number of benzene rings is 1. The quantitative estimate of drug-likeness (QED) is 0.932. The number of aromatic nitrogens is 2. The molecule has 0 aliphatic rings. The van der Waals surface area contributed by atoms with Crippen molar-refractivity contribution in [1.82, 2.24) is 9.55 Å². The summed E-state index contributed by atoms with van der Waals surface area (Å²) >= 11 is 0. The summed E-state index contributed by atoms with van der Waals surface area (Å²) < 4.78 is 28.5. The SMILES string of the molecule is Cc1cccc(NS(=O)(=O)c2cn(C)c(C)n2)c1C#N. The van der Waals surface area contributed by atoms with Crippen LogP contribution in [-0.4, -0.2) is 18.0 Å². The molecule has 0 unspecified atom stereocenters. The molecular weight excluding hydrogens is 276 g/mol. The monoisotopic (exact) mass is 290 g/mol. The molecule has 0 amide bonds. The van der Waals surface area contributed by atoms with Crippen LogP contribution >= 0.6 is 0 Å². The molecule has 0 saturated heterocycles. The summed E-state index contributed by atoms with van der Waals surface area (Å²) in [5, 5.41) is 9.04. The summed E-state index contributed by atoms with van der Waals surface area (Å²) in [6.07, 6.45) is 1.43. The minimum atomic E-state index is -3.80. The first kappa shape index (κ1) is 14.1. The predicted octanol–water partition coefficient (Wildman–Crippen LogP) is 1.71. The van der Waals surface area contributed by atoms with Crippen LogP contribution in [0.15, 0.2) is 29.4 Å². The molecule has 0 radical (unpaired) electrons. The van der Waals surface area contributed by atoms with Gasteiger partial charge in [-0.2, -0.15) is 13.7 Å². The van der Waals surface area contributed by atoms with Gasteiger partial charge in [-0.1, -0.05) is 12.1 Å². The van der Waals surface area contributed by atoms with Gasteiger partial charge in [0.1, 0.15) is 11.9 Å². The third kappa shape index (κ3) is 2.51.